The Bertz CT molecular complexity index is 406. The average molecular weight is 252 g/mol. The molecule has 1 heterocycles. The van der Waals surface area contributed by atoms with Crippen LogP contribution in [0.4, 0.5) is 0 Å². The summed E-state index contributed by atoms with van der Waals surface area (Å²) in [5.74, 6) is 1.10. The SMILES string of the molecule is CCCNCCSc1nc2ccccc2s1. The van der Waals surface area contributed by atoms with Gasteiger partial charge >= 0.3 is 0 Å². The quantitative estimate of drug-likeness (QED) is 0.630. The first-order chi connectivity index (χ1) is 7.90. The maximum Gasteiger partial charge on any atom is 0.151 e. The van der Waals surface area contributed by atoms with E-state index in [2.05, 4.69) is 35.4 Å². The molecular formula is C12H16N2S2. The summed E-state index contributed by atoms with van der Waals surface area (Å²) in [5.41, 5.74) is 1.12. The minimum absolute atomic E-state index is 1.06. The van der Waals surface area contributed by atoms with Crippen molar-refractivity contribution >= 4 is 33.3 Å². The second kappa shape index (κ2) is 6.23. The number of nitrogens with zero attached hydrogens (tertiary/aromatic N) is 1. The monoisotopic (exact) mass is 252 g/mol. The van der Waals surface area contributed by atoms with E-state index in [1.807, 2.05) is 17.8 Å². The van der Waals surface area contributed by atoms with Gasteiger partial charge in [0, 0.05) is 12.3 Å². The van der Waals surface area contributed by atoms with Crippen molar-refractivity contribution in [2.75, 3.05) is 18.8 Å². The summed E-state index contributed by atoms with van der Waals surface area (Å²) in [6.07, 6.45) is 1.20. The fourth-order valence-electron chi connectivity index (χ4n) is 1.43. The molecule has 86 valence electrons. The van der Waals surface area contributed by atoms with Gasteiger partial charge in [0.1, 0.15) is 0 Å². The van der Waals surface area contributed by atoms with Gasteiger partial charge in [0.15, 0.2) is 4.34 Å². The van der Waals surface area contributed by atoms with Crippen molar-refractivity contribution in [3.8, 4) is 0 Å². The van der Waals surface area contributed by atoms with Gasteiger partial charge in [-0.15, -0.1) is 11.3 Å². The molecule has 2 nitrogen and oxygen atoms in total. The molecule has 0 saturated heterocycles. The summed E-state index contributed by atoms with van der Waals surface area (Å²) in [7, 11) is 0. The highest BCUT2D eigenvalue weighted by Crippen LogP contribution is 2.28. The molecule has 0 radical (unpaired) electrons. The van der Waals surface area contributed by atoms with Crippen molar-refractivity contribution in [3.63, 3.8) is 0 Å². The van der Waals surface area contributed by atoms with Crippen LogP contribution in [0.15, 0.2) is 28.6 Å². The highest BCUT2D eigenvalue weighted by molar-refractivity contribution is 8.01. The van der Waals surface area contributed by atoms with Gasteiger partial charge in [-0.2, -0.15) is 0 Å². The lowest BCUT2D eigenvalue weighted by atomic mass is 10.3. The van der Waals surface area contributed by atoms with E-state index in [-0.39, 0.29) is 0 Å². The fourth-order valence-corrected chi connectivity index (χ4v) is 3.46. The summed E-state index contributed by atoms with van der Waals surface area (Å²) in [6, 6.07) is 8.31. The van der Waals surface area contributed by atoms with Gasteiger partial charge in [-0.25, -0.2) is 4.98 Å². The van der Waals surface area contributed by atoms with Crippen LogP contribution >= 0.6 is 23.1 Å². The van der Waals surface area contributed by atoms with E-state index >= 15 is 0 Å². The first-order valence-corrected chi connectivity index (χ1v) is 7.39. The van der Waals surface area contributed by atoms with Gasteiger partial charge in [-0.05, 0) is 25.1 Å². The van der Waals surface area contributed by atoms with Crippen LogP contribution in [0.5, 0.6) is 0 Å². The maximum absolute atomic E-state index is 4.58. The smallest absolute Gasteiger partial charge is 0.151 e. The standard InChI is InChI=1S/C12H16N2S2/c1-2-7-13-8-9-15-12-14-10-5-3-4-6-11(10)16-12/h3-6,13H,2,7-9H2,1H3. The zero-order valence-corrected chi connectivity index (χ0v) is 11.0. The van der Waals surface area contributed by atoms with E-state index in [1.165, 1.54) is 15.5 Å². The molecule has 0 bridgehead atoms. The van der Waals surface area contributed by atoms with E-state index < -0.39 is 0 Å². The Kier molecular flexibility index (Phi) is 4.63. The lowest BCUT2D eigenvalue weighted by Crippen LogP contribution is -2.17. The predicted molar refractivity (Wildman–Crippen MR) is 73.5 cm³/mol. The summed E-state index contributed by atoms with van der Waals surface area (Å²) in [5, 5.41) is 3.40. The Balaban J connectivity index is 1.85. The predicted octanol–water partition coefficient (Wildman–Crippen LogP) is 3.39. The van der Waals surface area contributed by atoms with Gasteiger partial charge in [0.2, 0.25) is 0 Å². The van der Waals surface area contributed by atoms with Gasteiger partial charge in [0.05, 0.1) is 10.2 Å². The molecule has 2 rings (SSSR count). The maximum atomic E-state index is 4.58. The Morgan fingerprint density at radius 3 is 3.00 bits per heavy atom. The molecule has 0 fully saturated rings. The molecule has 2 aromatic rings. The first-order valence-electron chi connectivity index (χ1n) is 5.59. The highest BCUT2D eigenvalue weighted by Gasteiger charge is 2.02. The summed E-state index contributed by atoms with van der Waals surface area (Å²) in [6.45, 7) is 4.36. The number of thiazole rings is 1. The number of thioether (sulfide) groups is 1. The van der Waals surface area contributed by atoms with Crippen LogP contribution in [-0.4, -0.2) is 23.8 Å². The van der Waals surface area contributed by atoms with E-state index in [4.69, 9.17) is 0 Å². The molecule has 0 spiro atoms. The molecule has 0 amide bonds. The topological polar surface area (TPSA) is 24.9 Å². The first kappa shape index (κ1) is 11.9. The normalized spacial score (nSPS) is 11.1. The molecule has 4 heteroatoms. The zero-order chi connectivity index (χ0) is 11.2. The number of rotatable bonds is 6. The number of benzene rings is 1. The molecule has 0 saturated carbocycles. The van der Waals surface area contributed by atoms with Crippen molar-refractivity contribution in [2.45, 2.75) is 17.7 Å². The van der Waals surface area contributed by atoms with Crippen molar-refractivity contribution in [1.82, 2.24) is 10.3 Å². The molecular weight excluding hydrogens is 236 g/mol. The van der Waals surface area contributed by atoms with E-state index in [0.717, 1.165) is 24.4 Å². The van der Waals surface area contributed by atoms with Crippen molar-refractivity contribution in [2.24, 2.45) is 0 Å². The molecule has 1 aromatic heterocycles. The number of para-hydroxylation sites is 1. The molecule has 16 heavy (non-hydrogen) atoms. The zero-order valence-electron chi connectivity index (χ0n) is 9.40. The van der Waals surface area contributed by atoms with E-state index in [1.54, 1.807) is 11.3 Å². The molecule has 1 N–H and O–H groups in total. The Hall–Kier alpha value is -0.580. The third kappa shape index (κ3) is 3.20. The number of fused-ring (bicyclic) bond motifs is 1. The second-order valence-corrected chi connectivity index (χ2v) is 5.92. The molecule has 1 aromatic carbocycles. The van der Waals surface area contributed by atoms with Crippen molar-refractivity contribution in [1.29, 1.82) is 0 Å². The molecule has 0 aliphatic carbocycles. The Morgan fingerprint density at radius 1 is 1.31 bits per heavy atom. The van der Waals surface area contributed by atoms with Crippen LogP contribution in [0, 0.1) is 0 Å². The molecule has 0 aliphatic rings. The van der Waals surface area contributed by atoms with Crippen LogP contribution in [-0.2, 0) is 0 Å². The van der Waals surface area contributed by atoms with Crippen LogP contribution in [0.2, 0.25) is 0 Å². The number of aromatic nitrogens is 1. The summed E-state index contributed by atoms with van der Waals surface area (Å²) in [4.78, 5) is 4.58. The van der Waals surface area contributed by atoms with Crippen molar-refractivity contribution in [3.05, 3.63) is 24.3 Å². The Morgan fingerprint density at radius 2 is 2.19 bits per heavy atom. The minimum atomic E-state index is 1.06. The molecule has 0 aliphatic heterocycles. The third-order valence-corrected chi connectivity index (χ3v) is 4.39. The largest absolute Gasteiger partial charge is 0.316 e. The van der Waals surface area contributed by atoms with Crippen LogP contribution < -0.4 is 5.32 Å². The number of nitrogens with one attached hydrogen (secondary N) is 1. The lowest BCUT2D eigenvalue weighted by molar-refractivity contribution is 0.707. The summed E-state index contributed by atoms with van der Waals surface area (Å²) >= 11 is 3.63. The Labute approximate surface area is 104 Å². The van der Waals surface area contributed by atoms with Crippen LogP contribution in [0.25, 0.3) is 10.2 Å². The lowest BCUT2D eigenvalue weighted by Gasteiger charge is -1.99. The molecule has 0 atom stereocenters. The highest BCUT2D eigenvalue weighted by atomic mass is 32.2. The van der Waals surface area contributed by atoms with Gasteiger partial charge < -0.3 is 5.32 Å². The number of hydrogen-bond donors (Lipinski definition) is 1. The van der Waals surface area contributed by atoms with Gasteiger partial charge in [0.25, 0.3) is 0 Å². The number of hydrogen-bond acceptors (Lipinski definition) is 4. The van der Waals surface area contributed by atoms with Crippen LogP contribution in [0.1, 0.15) is 13.3 Å². The van der Waals surface area contributed by atoms with E-state index in [9.17, 15) is 0 Å². The van der Waals surface area contributed by atoms with Crippen LogP contribution in [0.3, 0.4) is 0 Å². The average Bonchev–Trinajstić information content (AvgIpc) is 2.71. The van der Waals surface area contributed by atoms with Crippen molar-refractivity contribution < 1.29 is 0 Å². The van der Waals surface area contributed by atoms with E-state index in [0.29, 0.717) is 0 Å². The molecule has 0 unspecified atom stereocenters. The van der Waals surface area contributed by atoms with Gasteiger partial charge in [-0.3, -0.25) is 0 Å². The second-order valence-electron chi connectivity index (χ2n) is 3.55. The van der Waals surface area contributed by atoms with Gasteiger partial charge in [-0.1, -0.05) is 30.8 Å². The third-order valence-electron chi connectivity index (χ3n) is 2.21. The summed E-state index contributed by atoms with van der Waals surface area (Å²) < 4.78 is 2.46. The fraction of sp³-hybridized carbons (Fsp3) is 0.417. The minimum Gasteiger partial charge on any atom is -0.316 e.